The second kappa shape index (κ2) is 11.9. The molecule has 1 aliphatic carbocycles. The van der Waals surface area contributed by atoms with Gasteiger partial charge in [0, 0.05) is 0 Å². The molecule has 2 aliphatic rings. The van der Waals surface area contributed by atoms with Crippen molar-refractivity contribution in [1.82, 2.24) is 0 Å². The summed E-state index contributed by atoms with van der Waals surface area (Å²) < 4.78 is 0. The van der Waals surface area contributed by atoms with Crippen molar-refractivity contribution >= 4 is 8.58 Å². The normalized spacial score (nSPS) is 15.6. The lowest BCUT2D eigenvalue weighted by molar-refractivity contribution is 1.04. The molecule has 0 saturated heterocycles. The summed E-state index contributed by atoms with van der Waals surface area (Å²) in [6.45, 7) is 0. The van der Waals surface area contributed by atoms with E-state index in [-0.39, 0.29) is 0 Å². The third-order valence-corrected chi connectivity index (χ3v) is 2.92. The van der Waals surface area contributed by atoms with E-state index in [1.165, 1.54) is 19.0 Å². The summed E-state index contributed by atoms with van der Waals surface area (Å²) in [5.74, 6) is 2.03. The van der Waals surface area contributed by atoms with Crippen molar-refractivity contribution in [3.05, 3.63) is 84.1 Å². The van der Waals surface area contributed by atoms with Crippen LogP contribution in [0.3, 0.4) is 0 Å². The van der Waals surface area contributed by atoms with Crippen molar-refractivity contribution in [2.24, 2.45) is 0 Å². The Balaban J connectivity index is 0.000000135. The topological polar surface area (TPSA) is 0 Å². The summed E-state index contributed by atoms with van der Waals surface area (Å²) in [6.07, 6.45) is 14.2. The molecule has 1 aromatic carbocycles. The summed E-state index contributed by atoms with van der Waals surface area (Å²) in [5, 5.41) is 0. The fourth-order valence-corrected chi connectivity index (χ4v) is 1.77. The fraction of sp³-hybridized carbons (Fsp3) is 0.176. The lowest BCUT2D eigenvalue weighted by Gasteiger charge is -1.88. The molecule has 1 aliphatic heterocycles. The highest BCUT2D eigenvalue weighted by Crippen LogP contribution is 2.11. The van der Waals surface area contributed by atoms with Crippen molar-refractivity contribution in [3.63, 3.8) is 0 Å². The highest BCUT2D eigenvalue weighted by atomic mass is 31.1. The first-order valence-electron chi connectivity index (χ1n) is 6.19. The molecule has 1 unspecified atom stereocenters. The van der Waals surface area contributed by atoms with Crippen LogP contribution in [0.5, 0.6) is 0 Å². The first kappa shape index (κ1) is 14.5. The maximum absolute atomic E-state index is 2.87. The molecule has 0 amide bonds. The van der Waals surface area contributed by atoms with Gasteiger partial charge in [0.15, 0.2) is 0 Å². The molecule has 18 heavy (non-hydrogen) atoms. The second-order valence-electron chi connectivity index (χ2n) is 3.63. The van der Waals surface area contributed by atoms with Gasteiger partial charge in [0.05, 0.1) is 0 Å². The van der Waals surface area contributed by atoms with Gasteiger partial charge in [-0.3, -0.25) is 0 Å². The van der Waals surface area contributed by atoms with Crippen molar-refractivity contribution in [1.29, 1.82) is 0 Å². The van der Waals surface area contributed by atoms with Gasteiger partial charge in [-0.15, -0.1) is 0 Å². The molecule has 0 saturated carbocycles. The maximum Gasteiger partial charge on any atom is -0.00489 e. The van der Waals surface area contributed by atoms with Crippen molar-refractivity contribution in [2.45, 2.75) is 12.8 Å². The predicted octanol–water partition coefficient (Wildman–Crippen LogP) is 5.08. The van der Waals surface area contributed by atoms with E-state index in [1.807, 2.05) is 48.3 Å². The molecule has 1 atom stereocenters. The van der Waals surface area contributed by atoms with Crippen molar-refractivity contribution in [3.8, 4) is 0 Å². The molecule has 0 spiro atoms. The first-order valence-corrected chi connectivity index (χ1v) is 7.48. The Morgan fingerprint density at radius 2 is 1.28 bits per heavy atom. The zero-order chi connectivity index (χ0) is 12.7. The average Bonchev–Trinajstić information content (AvgIpc) is 2.54. The lowest BCUT2D eigenvalue weighted by atomic mass is 10.2. The molecule has 3 rings (SSSR count). The van der Waals surface area contributed by atoms with Crippen LogP contribution in [-0.2, 0) is 0 Å². The standard InChI is InChI=1S/C6H8.C6H6.C5H5P/c3*1-2-4-6-5-3-1/h1-4H,5-6H2;1-6H;2,5-6H,4H2. The highest BCUT2D eigenvalue weighted by molar-refractivity contribution is 7.41. The molecule has 1 aromatic rings. The van der Waals surface area contributed by atoms with Crippen LogP contribution >= 0.6 is 8.58 Å². The van der Waals surface area contributed by atoms with Crippen LogP contribution in [-0.4, -0.2) is 6.16 Å². The third-order valence-electron chi connectivity index (χ3n) is 2.13. The number of hydrogen-bond donors (Lipinski definition) is 0. The van der Waals surface area contributed by atoms with E-state index in [9.17, 15) is 0 Å². The minimum Gasteiger partial charge on any atom is -0.0846 e. The summed E-state index contributed by atoms with van der Waals surface area (Å²) in [7, 11) is 0.948. The van der Waals surface area contributed by atoms with Crippen LogP contribution in [0.1, 0.15) is 12.8 Å². The number of benzene rings is 1. The smallest absolute Gasteiger partial charge is 0.00489 e. The summed E-state index contributed by atoms with van der Waals surface area (Å²) in [5.41, 5.74) is 5.73. The summed E-state index contributed by atoms with van der Waals surface area (Å²) in [4.78, 5) is 0. The second-order valence-corrected chi connectivity index (χ2v) is 4.74. The van der Waals surface area contributed by atoms with E-state index >= 15 is 0 Å². The molecular formula is C17H19P. The molecule has 1 heterocycles. The zero-order valence-corrected chi connectivity index (χ0v) is 11.5. The van der Waals surface area contributed by atoms with Gasteiger partial charge < -0.3 is 0 Å². The van der Waals surface area contributed by atoms with E-state index in [4.69, 9.17) is 0 Å². The largest absolute Gasteiger partial charge is 0.0846 e. The summed E-state index contributed by atoms with van der Waals surface area (Å²) >= 11 is 0. The van der Waals surface area contributed by atoms with E-state index in [2.05, 4.69) is 35.8 Å². The molecule has 0 radical (unpaired) electrons. The molecule has 92 valence electrons. The quantitative estimate of drug-likeness (QED) is 0.447. The van der Waals surface area contributed by atoms with Gasteiger partial charge in [-0.2, -0.15) is 0 Å². The number of rotatable bonds is 0. The number of allylic oxidation sites excluding steroid dienone is 5. The third kappa shape index (κ3) is 9.64. The Morgan fingerprint density at radius 1 is 0.722 bits per heavy atom. The van der Waals surface area contributed by atoms with Crippen molar-refractivity contribution in [2.75, 3.05) is 6.16 Å². The molecule has 0 bridgehead atoms. The predicted molar refractivity (Wildman–Crippen MR) is 83.3 cm³/mol. The molecular weight excluding hydrogens is 235 g/mol. The van der Waals surface area contributed by atoms with Gasteiger partial charge in [0.2, 0.25) is 0 Å². The average molecular weight is 254 g/mol. The Labute approximate surface area is 112 Å². The van der Waals surface area contributed by atoms with Gasteiger partial charge in [0.25, 0.3) is 0 Å². The van der Waals surface area contributed by atoms with Crippen LogP contribution in [0.4, 0.5) is 0 Å². The highest BCUT2D eigenvalue weighted by Gasteiger charge is 1.77. The molecule has 0 nitrogen and oxygen atoms in total. The van der Waals surface area contributed by atoms with Crippen molar-refractivity contribution < 1.29 is 0 Å². The van der Waals surface area contributed by atoms with Crippen LogP contribution in [0.25, 0.3) is 0 Å². The van der Waals surface area contributed by atoms with Crippen LogP contribution in [0, 0.1) is 0 Å². The van der Waals surface area contributed by atoms with E-state index < -0.39 is 0 Å². The molecule has 1 heteroatoms. The van der Waals surface area contributed by atoms with Crippen LogP contribution in [0.2, 0.25) is 0 Å². The molecule has 0 fully saturated rings. The Kier molecular flexibility index (Phi) is 9.58. The Bertz CT molecular complexity index is 387. The Morgan fingerprint density at radius 3 is 1.44 bits per heavy atom. The first-order chi connectivity index (χ1) is 9.00. The molecule has 0 N–H and O–H groups in total. The molecule has 0 aromatic heterocycles. The van der Waals surface area contributed by atoms with Gasteiger partial charge in [-0.25, -0.2) is 0 Å². The van der Waals surface area contributed by atoms with E-state index in [1.54, 1.807) is 0 Å². The van der Waals surface area contributed by atoms with Gasteiger partial charge in [0.1, 0.15) is 0 Å². The minimum absolute atomic E-state index is 0.948. The zero-order valence-electron chi connectivity index (χ0n) is 10.5. The monoisotopic (exact) mass is 254 g/mol. The van der Waals surface area contributed by atoms with Crippen LogP contribution < -0.4 is 0 Å². The minimum atomic E-state index is 0.948. The lowest BCUT2D eigenvalue weighted by Crippen LogP contribution is -1.67. The van der Waals surface area contributed by atoms with Gasteiger partial charge in [-0.05, 0) is 30.9 Å². The maximum atomic E-state index is 2.87. The SMILES string of the molecule is C1=C=CPCC=1.C1=CCCC=C1.c1ccccc1. The van der Waals surface area contributed by atoms with Crippen LogP contribution in [0.15, 0.2) is 84.1 Å². The van der Waals surface area contributed by atoms with Gasteiger partial charge >= 0.3 is 0 Å². The number of hydrogen-bond acceptors (Lipinski definition) is 0. The fourth-order valence-electron chi connectivity index (χ4n) is 1.25. The summed E-state index contributed by atoms with van der Waals surface area (Å²) in [6, 6.07) is 12.0. The van der Waals surface area contributed by atoms with E-state index in [0.29, 0.717) is 0 Å². The van der Waals surface area contributed by atoms with Gasteiger partial charge in [-0.1, -0.05) is 80.7 Å². The Hall–Kier alpha value is -1.57. The van der Waals surface area contributed by atoms with E-state index in [0.717, 1.165) is 8.58 Å².